The highest BCUT2D eigenvalue weighted by molar-refractivity contribution is 7.45. The quantitative estimate of drug-likeness (QED) is 0.0962. The molecule has 2 aromatic rings. The monoisotopic (exact) mass is 553 g/mol. The van der Waals surface area contributed by atoms with Crippen LogP contribution in [-0.2, 0) is 20.6 Å². The van der Waals surface area contributed by atoms with Crippen molar-refractivity contribution in [2.45, 2.75) is 26.7 Å². The molecule has 0 saturated carbocycles. The Morgan fingerprint density at radius 2 is 1.63 bits per heavy atom. The van der Waals surface area contributed by atoms with Gasteiger partial charge in [-0.2, -0.15) is 4.98 Å². The maximum Gasteiger partial charge on any atom is 0.466 e. The van der Waals surface area contributed by atoms with E-state index in [0.717, 1.165) is 0 Å². The molecule has 0 aliphatic carbocycles. The number of aliphatic hydroxyl groups excluding tert-OH is 4. The molecule has 0 aromatic carbocycles. The third-order valence-electron chi connectivity index (χ3n) is 2.96. The number of nitrogens with two attached hydrogens (primary N) is 1. The van der Waals surface area contributed by atoms with Crippen molar-refractivity contribution in [2.75, 3.05) is 25.6 Å². The molecule has 1 atom stereocenters. The van der Waals surface area contributed by atoms with E-state index in [1.54, 1.807) is 13.8 Å². The van der Waals surface area contributed by atoms with Crippen molar-refractivity contribution in [1.82, 2.24) is 19.5 Å². The Labute approximate surface area is 196 Å². The zero-order valence-corrected chi connectivity index (χ0v) is 20.2. The summed E-state index contributed by atoms with van der Waals surface area (Å²) in [4.78, 5) is 64.7. The van der Waals surface area contributed by atoms with Gasteiger partial charge in [0.25, 0.3) is 5.56 Å². The summed E-state index contributed by atoms with van der Waals surface area (Å²) in [6, 6.07) is 0. The molecule has 204 valence electrons. The van der Waals surface area contributed by atoms with Gasteiger partial charge in [-0.05, 0) is 19.4 Å². The molecule has 0 fully saturated rings. The van der Waals surface area contributed by atoms with Crippen LogP contribution in [0.3, 0.4) is 0 Å². The van der Waals surface area contributed by atoms with Gasteiger partial charge < -0.3 is 60.3 Å². The highest BCUT2D eigenvalue weighted by atomic mass is 31.2. The fourth-order valence-corrected chi connectivity index (χ4v) is 1.71. The molecular formula is C14H29N5O14P2. The van der Waals surface area contributed by atoms with Gasteiger partial charge in [0.2, 0.25) is 5.95 Å². The average molecular weight is 553 g/mol. The summed E-state index contributed by atoms with van der Waals surface area (Å²) in [6.45, 7) is 3.19. The number of aromatic nitrogens is 4. The van der Waals surface area contributed by atoms with Gasteiger partial charge in [0.1, 0.15) is 18.6 Å². The molecule has 0 aliphatic heterocycles. The van der Waals surface area contributed by atoms with Crippen LogP contribution in [0.25, 0.3) is 11.2 Å². The minimum atomic E-state index is -4.64. The molecule has 0 aliphatic rings. The third-order valence-corrected chi connectivity index (χ3v) is 2.96. The van der Waals surface area contributed by atoms with E-state index >= 15 is 0 Å². The summed E-state index contributed by atoms with van der Waals surface area (Å²) < 4.78 is 24.4. The van der Waals surface area contributed by atoms with Gasteiger partial charge in [-0.3, -0.25) is 14.3 Å². The van der Waals surface area contributed by atoms with Gasteiger partial charge in [0, 0.05) is 0 Å². The molecule has 2 heterocycles. The zero-order valence-electron chi connectivity index (χ0n) is 18.4. The third kappa shape index (κ3) is 19.7. The Morgan fingerprint density at radius 3 is 2.00 bits per heavy atom. The fourth-order valence-electron chi connectivity index (χ4n) is 1.71. The minimum absolute atomic E-state index is 0.0291. The Bertz CT molecular complexity index is 1030. The first-order valence-corrected chi connectivity index (χ1v) is 12.1. The van der Waals surface area contributed by atoms with E-state index in [2.05, 4.69) is 15.0 Å². The molecule has 35 heavy (non-hydrogen) atoms. The summed E-state index contributed by atoms with van der Waals surface area (Å²) in [5.74, 6) is -0.112. The number of hydrogen-bond acceptors (Lipinski definition) is 11. The van der Waals surface area contributed by atoms with Gasteiger partial charge in [0.05, 0.1) is 26.1 Å². The molecule has 0 bridgehead atoms. The normalized spacial score (nSPS) is 11.7. The number of anilines is 1. The second-order valence-corrected chi connectivity index (χ2v) is 8.26. The van der Waals surface area contributed by atoms with Crippen molar-refractivity contribution >= 4 is 32.8 Å². The van der Waals surface area contributed by atoms with Crippen molar-refractivity contribution in [3.63, 3.8) is 0 Å². The number of phosphoric acid groups is 2. The van der Waals surface area contributed by atoms with Gasteiger partial charge in [-0.1, -0.05) is 0 Å². The zero-order chi connectivity index (χ0) is 28.0. The van der Waals surface area contributed by atoms with Crippen LogP contribution in [0, 0.1) is 0 Å². The van der Waals surface area contributed by atoms with Crippen molar-refractivity contribution < 1.29 is 63.7 Å². The number of rotatable bonds is 6. The van der Waals surface area contributed by atoms with Crippen LogP contribution >= 0.6 is 15.6 Å². The maximum atomic E-state index is 11.4. The van der Waals surface area contributed by atoms with Crippen molar-refractivity contribution in [1.29, 1.82) is 0 Å². The van der Waals surface area contributed by atoms with E-state index in [1.165, 1.54) is 10.9 Å². The predicted octanol–water partition coefficient (Wildman–Crippen LogP) is -3.00. The van der Waals surface area contributed by atoms with E-state index in [-0.39, 0.29) is 42.7 Å². The molecule has 1 unspecified atom stereocenters. The van der Waals surface area contributed by atoms with Gasteiger partial charge >= 0.3 is 15.6 Å². The van der Waals surface area contributed by atoms with Crippen LogP contribution in [0.15, 0.2) is 22.5 Å². The molecule has 0 saturated heterocycles. The van der Waals surface area contributed by atoms with E-state index < -0.39 is 28.4 Å². The highest BCUT2D eigenvalue weighted by Gasteiger charge is 2.09. The lowest BCUT2D eigenvalue weighted by Crippen LogP contribution is -2.15. The minimum Gasteiger partial charge on any atom is -0.510 e. The van der Waals surface area contributed by atoms with Crippen molar-refractivity contribution in [3.05, 3.63) is 28.0 Å². The van der Waals surface area contributed by atoms with Crippen LogP contribution in [0.1, 0.15) is 13.8 Å². The average Bonchev–Trinajstić information content (AvgIpc) is 3.08. The van der Waals surface area contributed by atoms with Gasteiger partial charge in [-0.25, -0.2) is 14.1 Å². The standard InChI is InChI=1S/C8H11N5O3.C6H12O3.2H3O4P/c9-8-11-6-5(7(15)12-8)10-3-13(6)4-16-2-1-14;1-4(2)6(9)5(8)3-7;2*1-5(2,3)4/h3,14H,1-2,4H2,(H3,9,11,12,15);5,7-9H,3H2,1-2H3;2*(H3,1,2,3,4). The number of aromatic amines is 1. The first-order chi connectivity index (χ1) is 15.8. The summed E-state index contributed by atoms with van der Waals surface area (Å²) in [5, 5.41) is 34.5. The Hall–Kier alpha value is -2.25. The molecule has 0 amide bonds. The number of H-pyrrole nitrogens is 1. The number of nitrogen functional groups attached to an aromatic ring is 1. The van der Waals surface area contributed by atoms with E-state index in [4.69, 9.17) is 69.4 Å². The number of hydrogen-bond donors (Lipinski definition) is 12. The van der Waals surface area contributed by atoms with Gasteiger partial charge in [-0.15, -0.1) is 0 Å². The van der Waals surface area contributed by atoms with E-state index in [1.807, 2.05) is 0 Å². The van der Waals surface area contributed by atoms with E-state index in [0.29, 0.717) is 11.2 Å². The molecule has 19 nitrogen and oxygen atoms in total. The topological polar surface area (TPSA) is 335 Å². The number of imidazole rings is 1. The van der Waals surface area contributed by atoms with Crippen molar-refractivity contribution in [2.24, 2.45) is 0 Å². The van der Waals surface area contributed by atoms with Crippen LogP contribution < -0.4 is 11.3 Å². The summed E-state index contributed by atoms with van der Waals surface area (Å²) in [7, 11) is -9.28. The smallest absolute Gasteiger partial charge is 0.466 e. The Morgan fingerprint density at radius 1 is 1.14 bits per heavy atom. The van der Waals surface area contributed by atoms with Crippen molar-refractivity contribution in [3.8, 4) is 0 Å². The molecule has 21 heteroatoms. The first-order valence-electron chi connectivity index (χ1n) is 8.92. The number of ether oxygens (including phenoxy) is 1. The summed E-state index contributed by atoms with van der Waals surface area (Å²) >= 11 is 0. The molecular weight excluding hydrogens is 524 g/mol. The Balaban J connectivity index is 0. The van der Waals surface area contributed by atoms with Crippen LogP contribution in [-0.4, -0.2) is 95.2 Å². The predicted molar refractivity (Wildman–Crippen MR) is 118 cm³/mol. The van der Waals surface area contributed by atoms with Gasteiger partial charge in [0.15, 0.2) is 11.2 Å². The lowest BCUT2D eigenvalue weighted by atomic mass is 10.2. The fraction of sp³-hybridized carbons (Fsp3) is 0.500. The van der Waals surface area contributed by atoms with Crippen LogP contribution in [0.4, 0.5) is 5.95 Å². The molecule has 2 aromatic heterocycles. The maximum absolute atomic E-state index is 11.4. The van der Waals surface area contributed by atoms with Crippen LogP contribution in [0.2, 0.25) is 0 Å². The lowest BCUT2D eigenvalue weighted by Gasteiger charge is -2.06. The lowest BCUT2D eigenvalue weighted by molar-refractivity contribution is 0.0499. The first kappa shape index (κ1) is 34.9. The second kappa shape index (κ2) is 16.4. The molecule has 2 rings (SSSR count). The number of nitrogens with zero attached hydrogens (tertiary/aromatic N) is 3. The van der Waals surface area contributed by atoms with E-state index in [9.17, 15) is 4.79 Å². The second-order valence-electron chi connectivity index (χ2n) is 6.21. The number of allylic oxidation sites excluding steroid dienone is 1. The summed E-state index contributed by atoms with van der Waals surface area (Å²) in [5.41, 5.74) is 6.23. The van der Waals surface area contributed by atoms with Crippen LogP contribution in [0.5, 0.6) is 0 Å². The largest absolute Gasteiger partial charge is 0.510 e. The number of nitrogens with one attached hydrogen (secondary N) is 1. The number of fused-ring (bicyclic) bond motifs is 1. The number of aliphatic hydroxyl groups is 4. The molecule has 0 spiro atoms. The SMILES string of the molecule is CC(C)=C(O)C(O)CO.Nc1nc2c(ncn2COCCO)c(=O)[nH]1.O=P(O)(O)O.O=P(O)(O)O. The highest BCUT2D eigenvalue weighted by Crippen LogP contribution is 2.26. The Kier molecular flexibility index (Phi) is 16.4. The molecule has 13 N–H and O–H groups in total. The summed E-state index contributed by atoms with van der Waals surface area (Å²) in [6.07, 6.45) is 0.319. The molecule has 0 radical (unpaired) electrons.